The molecule has 0 atom stereocenters. The molecule has 0 N–H and O–H groups in total. The second-order valence-corrected chi connectivity index (χ2v) is 5.18. The van der Waals surface area contributed by atoms with Gasteiger partial charge in [-0.2, -0.15) is 0 Å². The Morgan fingerprint density at radius 3 is 2.75 bits per heavy atom. The zero-order valence-corrected chi connectivity index (χ0v) is 11.9. The van der Waals surface area contributed by atoms with Gasteiger partial charge in [0.05, 0.1) is 0 Å². The van der Waals surface area contributed by atoms with Crippen molar-refractivity contribution < 1.29 is 4.42 Å². The number of rotatable bonds is 3. The van der Waals surface area contributed by atoms with Crippen LogP contribution < -0.4 is 4.90 Å². The van der Waals surface area contributed by atoms with Crippen molar-refractivity contribution in [2.75, 3.05) is 18.0 Å². The Bertz CT molecular complexity index is 574. The minimum absolute atomic E-state index is 0.503. The summed E-state index contributed by atoms with van der Waals surface area (Å²) in [6.45, 7) is 5.95. The Morgan fingerprint density at radius 2 is 2.10 bits per heavy atom. The van der Waals surface area contributed by atoms with E-state index in [1.165, 1.54) is 11.3 Å². The minimum atomic E-state index is 0.503. The molecular formula is C14H19N5O. The quantitative estimate of drug-likeness (QED) is 0.853. The van der Waals surface area contributed by atoms with E-state index in [2.05, 4.69) is 32.0 Å². The van der Waals surface area contributed by atoms with Gasteiger partial charge in [-0.3, -0.25) is 0 Å². The first-order valence-corrected chi connectivity index (χ1v) is 7.11. The molecule has 0 spiro atoms. The van der Waals surface area contributed by atoms with Gasteiger partial charge in [-0.25, -0.2) is 9.97 Å². The molecule has 1 fully saturated rings. The SMILES string of the molecule is CCc1nnc(N2CCC(c3ncncc3C)CC2)o1. The monoisotopic (exact) mass is 273 g/mol. The average Bonchev–Trinajstić information content (AvgIpc) is 2.97. The molecule has 6 heteroatoms. The highest BCUT2D eigenvalue weighted by molar-refractivity contribution is 5.28. The number of aromatic nitrogens is 4. The second kappa shape index (κ2) is 5.56. The molecule has 106 valence electrons. The lowest BCUT2D eigenvalue weighted by Gasteiger charge is -2.30. The fraction of sp³-hybridized carbons (Fsp3) is 0.571. The molecule has 0 unspecified atom stereocenters. The molecule has 0 radical (unpaired) electrons. The Morgan fingerprint density at radius 1 is 1.30 bits per heavy atom. The van der Waals surface area contributed by atoms with Crippen LogP contribution in [-0.4, -0.2) is 33.3 Å². The van der Waals surface area contributed by atoms with Crippen LogP contribution in [0.25, 0.3) is 0 Å². The normalized spacial score (nSPS) is 16.6. The van der Waals surface area contributed by atoms with Crippen LogP contribution in [0.15, 0.2) is 16.9 Å². The summed E-state index contributed by atoms with van der Waals surface area (Å²) in [5.41, 5.74) is 2.36. The third-order valence-electron chi connectivity index (χ3n) is 3.85. The first-order valence-electron chi connectivity index (χ1n) is 7.11. The summed E-state index contributed by atoms with van der Waals surface area (Å²) in [4.78, 5) is 10.7. The molecule has 0 saturated carbocycles. The maximum Gasteiger partial charge on any atom is 0.318 e. The standard InChI is InChI=1S/C14H19N5O/c1-3-12-17-18-14(20-12)19-6-4-11(5-7-19)13-10(2)8-15-9-16-13/h8-9,11H,3-7H2,1-2H3. The highest BCUT2D eigenvalue weighted by atomic mass is 16.4. The van der Waals surface area contributed by atoms with E-state index in [0.29, 0.717) is 17.8 Å². The number of nitrogens with zero attached hydrogens (tertiary/aromatic N) is 5. The van der Waals surface area contributed by atoms with Crippen LogP contribution in [0.5, 0.6) is 0 Å². The van der Waals surface area contributed by atoms with Gasteiger partial charge < -0.3 is 9.32 Å². The van der Waals surface area contributed by atoms with Gasteiger partial charge in [0.25, 0.3) is 0 Å². The van der Waals surface area contributed by atoms with E-state index in [-0.39, 0.29) is 0 Å². The van der Waals surface area contributed by atoms with Crippen molar-refractivity contribution in [2.45, 2.75) is 39.0 Å². The molecule has 2 aromatic heterocycles. The summed E-state index contributed by atoms with van der Waals surface area (Å²) >= 11 is 0. The second-order valence-electron chi connectivity index (χ2n) is 5.18. The Kier molecular flexibility index (Phi) is 3.62. The number of hydrogen-bond acceptors (Lipinski definition) is 6. The fourth-order valence-electron chi connectivity index (χ4n) is 2.70. The molecule has 0 bridgehead atoms. The van der Waals surface area contributed by atoms with E-state index in [1.54, 1.807) is 6.33 Å². The summed E-state index contributed by atoms with van der Waals surface area (Å²) in [5.74, 6) is 1.21. The van der Waals surface area contributed by atoms with E-state index in [1.807, 2.05) is 13.1 Å². The maximum absolute atomic E-state index is 5.62. The van der Waals surface area contributed by atoms with Gasteiger partial charge >= 0.3 is 6.01 Å². The predicted molar refractivity (Wildman–Crippen MR) is 74.6 cm³/mol. The van der Waals surface area contributed by atoms with E-state index in [0.717, 1.165) is 32.4 Å². The van der Waals surface area contributed by atoms with Crippen molar-refractivity contribution in [3.05, 3.63) is 29.7 Å². The first-order chi connectivity index (χ1) is 9.78. The highest BCUT2D eigenvalue weighted by Gasteiger charge is 2.25. The molecule has 0 aliphatic carbocycles. The fourth-order valence-corrected chi connectivity index (χ4v) is 2.70. The molecule has 2 aromatic rings. The largest absolute Gasteiger partial charge is 0.408 e. The first kappa shape index (κ1) is 13.0. The van der Waals surface area contributed by atoms with E-state index in [9.17, 15) is 0 Å². The van der Waals surface area contributed by atoms with Gasteiger partial charge in [0, 0.05) is 37.3 Å². The van der Waals surface area contributed by atoms with Crippen molar-refractivity contribution in [3.8, 4) is 0 Å². The van der Waals surface area contributed by atoms with Crippen molar-refractivity contribution in [1.29, 1.82) is 0 Å². The lowest BCUT2D eigenvalue weighted by molar-refractivity contribution is 0.438. The Hall–Kier alpha value is -1.98. The summed E-state index contributed by atoms with van der Waals surface area (Å²) in [7, 11) is 0. The van der Waals surface area contributed by atoms with Crippen LogP contribution in [0, 0.1) is 6.92 Å². The lowest BCUT2D eigenvalue weighted by atomic mass is 9.91. The van der Waals surface area contributed by atoms with Crippen LogP contribution in [0.2, 0.25) is 0 Å². The van der Waals surface area contributed by atoms with Crippen molar-refractivity contribution >= 4 is 6.01 Å². The smallest absolute Gasteiger partial charge is 0.318 e. The summed E-state index contributed by atoms with van der Waals surface area (Å²) in [6.07, 6.45) is 6.42. The molecule has 1 aliphatic rings. The Labute approximate surface area is 118 Å². The van der Waals surface area contributed by atoms with Crippen LogP contribution in [0.4, 0.5) is 6.01 Å². The van der Waals surface area contributed by atoms with Gasteiger partial charge in [0.15, 0.2) is 0 Å². The number of piperidine rings is 1. The van der Waals surface area contributed by atoms with Crippen molar-refractivity contribution in [3.63, 3.8) is 0 Å². The number of hydrogen-bond donors (Lipinski definition) is 0. The van der Waals surface area contributed by atoms with Gasteiger partial charge in [-0.15, -0.1) is 5.10 Å². The molecule has 6 nitrogen and oxygen atoms in total. The molecule has 1 aliphatic heterocycles. The van der Waals surface area contributed by atoms with Crippen molar-refractivity contribution in [1.82, 2.24) is 20.2 Å². The van der Waals surface area contributed by atoms with E-state index < -0.39 is 0 Å². The van der Waals surface area contributed by atoms with E-state index >= 15 is 0 Å². The van der Waals surface area contributed by atoms with Crippen LogP contribution in [0.3, 0.4) is 0 Å². The number of aryl methyl sites for hydroxylation is 2. The number of anilines is 1. The van der Waals surface area contributed by atoms with Gasteiger partial charge in [0.1, 0.15) is 6.33 Å². The zero-order chi connectivity index (χ0) is 13.9. The van der Waals surface area contributed by atoms with Crippen LogP contribution >= 0.6 is 0 Å². The Balaban J connectivity index is 1.66. The third kappa shape index (κ3) is 2.50. The predicted octanol–water partition coefficient (Wildman–Crippen LogP) is 2.11. The lowest BCUT2D eigenvalue weighted by Crippen LogP contribution is -2.33. The topological polar surface area (TPSA) is 67.9 Å². The highest BCUT2D eigenvalue weighted by Crippen LogP contribution is 2.30. The molecule has 0 amide bonds. The molecule has 20 heavy (non-hydrogen) atoms. The molecular weight excluding hydrogens is 254 g/mol. The van der Waals surface area contributed by atoms with Crippen LogP contribution in [0.1, 0.15) is 42.8 Å². The van der Waals surface area contributed by atoms with Crippen LogP contribution in [-0.2, 0) is 6.42 Å². The summed E-state index contributed by atoms with van der Waals surface area (Å²) < 4.78 is 5.62. The summed E-state index contributed by atoms with van der Waals surface area (Å²) in [6, 6.07) is 0.653. The molecule has 3 heterocycles. The van der Waals surface area contributed by atoms with Gasteiger partial charge in [-0.05, 0) is 25.3 Å². The molecule has 1 saturated heterocycles. The van der Waals surface area contributed by atoms with Gasteiger partial charge in [0.2, 0.25) is 5.89 Å². The van der Waals surface area contributed by atoms with Crippen molar-refractivity contribution in [2.24, 2.45) is 0 Å². The summed E-state index contributed by atoms with van der Waals surface area (Å²) in [5, 5.41) is 8.13. The van der Waals surface area contributed by atoms with E-state index in [4.69, 9.17) is 4.42 Å². The average molecular weight is 273 g/mol. The van der Waals surface area contributed by atoms with Gasteiger partial charge in [-0.1, -0.05) is 12.0 Å². The molecule has 0 aromatic carbocycles. The molecule has 3 rings (SSSR count). The maximum atomic E-state index is 5.62. The minimum Gasteiger partial charge on any atom is -0.408 e. The third-order valence-corrected chi connectivity index (χ3v) is 3.85. The zero-order valence-electron chi connectivity index (χ0n) is 11.9.